The van der Waals surface area contributed by atoms with Gasteiger partial charge in [0.25, 0.3) is 0 Å². The van der Waals surface area contributed by atoms with E-state index in [9.17, 15) is 13.2 Å². The highest BCUT2D eigenvalue weighted by Crippen LogP contribution is 2.31. The molecule has 2 heterocycles. The van der Waals surface area contributed by atoms with Crippen molar-refractivity contribution in [3.8, 4) is 11.5 Å². The molecule has 2 rings (SSSR count). The highest BCUT2D eigenvalue weighted by atomic mass is 35.5. The van der Waals surface area contributed by atoms with Gasteiger partial charge in [-0.1, -0.05) is 0 Å². The van der Waals surface area contributed by atoms with Gasteiger partial charge in [-0.15, -0.1) is 11.6 Å². The largest absolute Gasteiger partial charge is 0.433 e. The second kappa shape index (κ2) is 5.13. The van der Waals surface area contributed by atoms with Gasteiger partial charge < -0.3 is 0 Å². The van der Waals surface area contributed by atoms with E-state index in [0.717, 1.165) is 11.8 Å². The third-order valence-corrected chi connectivity index (χ3v) is 2.71. The van der Waals surface area contributed by atoms with Gasteiger partial charge in [0.15, 0.2) is 11.5 Å². The van der Waals surface area contributed by atoms with Crippen LogP contribution in [0.5, 0.6) is 0 Å². The van der Waals surface area contributed by atoms with E-state index in [4.69, 9.17) is 11.6 Å². The Balaban J connectivity index is 2.55. The Morgan fingerprint density at radius 3 is 2.58 bits per heavy atom. The van der Waals surface area contributed by atoms with Crippen molar-refractivity contribution < 1.29 is 13.2 Å². The number of nitrogens with zero attached hydrogens (tertiary/aromatic N) is 3. The van der Waals surface area contributed by atoms with E-state index < -0.39 is 11.9 Å². The van der Waals surface area contributed by atoms with Crippen LogP contribution in [0.1, 0.15) is 16.8 Å². The smallest absolute Gasteiger partial charge is 0.253 e. The lowest BCUT2D eigenvalue weighted by Gasteiger charge is -2.11. The molecule has 3 nitrogen and oxygen atoms in total. The molecule has 2 aromatic heterocycles. The molecule has 0 aliphatic heterocycles. The topological polar surface area (TPSA) is 38.7 Å². The van der Waals surface area contributed by atoms with Crippen LogP contribution in [0.3, 0.4) is 0 Å². The molecule has 0 N–H and O–H groups in total. The van der Waals surface area contributed by atoms with Crippen molar-refractivity contribution in [1.82, 2.24) is 15.0 Å². The molecule has 7 heteroatoms. The Hall–Kier alpha value is -1.69. The van der Waals surface area contributed by atoms with Crippen LogP contribution in [0.15, 0.2) is 24.5 Å². The van der Waals surface area contributed by atoms with E-state index in [1.54, 1.807) is 12.1 Å². The fraction of sp³-hybridized carbons (Fsp3) is 0.250. The van der Waals surface area contributed by atoms with Crippen LogP contribution in [0.4, 0.5) is 13.2 Å². The van der Waals surface area contributed by atoms with Crippen LogP contribution in [0, 0.1) is 6.92 Å². The van der Waals surface area contributed by atoms with Crippen molar-refractivity contribution in [2.75, 3.05) is 0 Å². The Morgan fingerprint density at radius 1 is 1.26 bits per heavy atom. The first-order valence-electron chi connectivity index (χ1n) is 5.34. The average Bonchev–Trinajstić information content (AvgIpc) is 2.37. The zero-order valence-corrected chi connectivity index (χ0v) is 10.6. The van der Waals surface area contributed by atoms with Crippen molar-refractivity contribution in [2.24, 2.45) is 0 Å². The maximum atomic E-state index is 12.8. The number of aryl methyl sites for hydroxylation is 1. The number of pyridine rings is 1. The summed E-state index contributed by atoms with van der Waals surface area (Å²) in [5, 5.41) is 0. The van der Waals surface area contributed by atoms with E-state index >= 15 is 0 Å². The quantitative estimate of drug-likeness (QED) is 0.792. The molecule has 0 saturated heterocycles. The molecule has 0 radical (unpaired) electrons. The minimum atomic E-state index is -4.56. The fourth-order valence-corrected chi connectivity index (χ4v) is 1.73. The van der Waals surface area contributed by atoms with Crippen molar-refractivity contribution in [3.63, 3.8) is 0 Å². The van der Waals surface area contributed by atoms with Gasteiger partial charge in [-0.25, -0.2) is 9.97 Å². The van der Waals surface area contributed by atoms with E-state index in [-0.39, 0.29) is 17.3 Å². The van der Waals surface area contributed by atoms with Crippen LogP contribution >= 0.6 is 11.6 Å². The summed E-state index contributed by atoms with van der Waals surface area (Å²) in [5.41, 5.74) is -0.00317. The standard InChI is InChI=1S/C12H9ClF3N3/c1-7-2-3-17-9(4-7)11-18-6-8(5-13)10(19-11)12(14,15)16/h2-4,6H,5H2,1H3. The highest BCUT2D eigenvalue weighted by molar-refractivity contribution is 6.17. The first-order chi connectivity index (χ1) is 8.91. The molecule has 2 aromatic rings. The summed E-state index contributed by atoms with van der Waals surface area (Å²) in [6, 6.07) is 3.36. The SMILES string of the molecule is Cc1ccnc(-c2ncc(CCl)c(C(F)(F)F)n2)c1. The Labute approximate surface area is 112 Å². The van der Waals surface area contributed by atoms with Gasteiger partial charge in [0.1, 0.15) is 5.69 Å². The monoisotopic (exact) mass is 287 g/mol. The predicted octanol–water partition coefficient (Wildman–Crippen LogP) is 3.60. The second-order valence-corrected chi connectivity index (χ2v) is 4.18. The average molecular weight is 288 g/mol. The Morgan fingerprint density at radius 2 is 2.00 bits per heavy atom. The number of halogens is 4. The van der Waals surface area contributed by atoms with Crippen LogP contribution in [0.25, 0.3) is 11.5 Å². The lowest BCUT2D eigenvalue weighted by molar-refractivity contribution is -0.141. The number of aromatic nitrogens is 3. The van der Waals surface area contributed by atoms with Crippen molar-refractivity contribution in [1.29, 1.82) is 0 Å². The molecule has 0 atom stereocenters. The molecular formula is C12H9ClF3N3. The molecule has 0 saturated carbocycles. The summed E-state index contributed by atoms with van der Waals surface area (Å²) in [6.07, 6.45) is -1.98. The molecule has 0 spiro atoms. The summed E-state index contributed by atoms with van der Waals surface area (Å²) in [6.45, 7) is 1.81. The molecule has 0 amide bonds. The summed E-state index contributed by atoms with van der Waals surface area (Å²) < 4.78 is 38.5. The third kappa shape index (κ3) is 3.01. The molecule has 19 heavy (non-hydrogen) atoms. The number of rotatable bonds is 2. The van der Waals surface area contributed by atoms with E-state index in [1.165, 1.54) is 6.20 Å². The van der Waals surface area contributed by atoms with E-state index in [1.807, 2.05) is 6.92 Å². The number of alkyl halides is 4. The molecule has 0 unspecified atom stereocenters. The lowest BCUT2D eigenvalue weighted by Crippen LogP contribution is -2.13. The zero-order chi connectivity index (χ0) is 14.0. The van der Waals surface area contributed by atoms with E-state index in [2.05, 4.69) is 15.0 Å². The third-order valence-electron chi connectivity index (χ3n) is 2.42. The number of hydrogen-bond donors (Lipinski definition) is 0. The molecule has 0 aliphatic rings. The molecule has 0 bridgehead atoms. The van der Waals surface area contributed by atoms with Crippen LogP contribution in [-0.2, 0) is 12.1 Å². The van der Waals surface area contributed by atoms with Gasteiger partial charge in [0.05, 0.1) is 5.88 Å². The maximum Gasteiger partial charge on any atom is 0.433 e. The van der Waals surface area contributed by atoms with Crippen LogP contribution in [0.2, 0.25) is 0 Å². The van der Waals surface area contributed by atoms with Gasteiger partial charge in [-0.2, -0.15) is 13.2 Å². The fourth-order valence-electron chi connectivity index (χ4n) is 1.53. The zero-order valence-electron chi connectivity index (χ0n) is 9.87. The Kier molecular flexibility index (Phi) is 3.71. The van der Waals surface area contributed by atoms with Gasteiger partial charge >= 0.3 is 6.18 Å². The summed E-state index contributed by atoms with van der Waals surface area (Å²) in [7, 11) is 0. The van der Waals surface area contributed by atoms with Gasteiger partial charge in [0, 0.05) is 18.0 Å². The normalized spacial score (nSPS) is 11.6. The molecule has 0 aliphatic carbocycles. The van der Waals surface area contributed by atoms with Gasteiger partial charge in [-0.05, 0) is 24.6 Å². The predicted molar refractivity (Wildman–Crippen MR) is 64.6 cm³/mol. The maximum absolute atomic E-state index is 12.8. The lowest BCUT2D eigenvalue weighted by atomic mass is 10.2. The van der Waals surface area contributed by atoms with Gasteiger partial charge in [0.2, 0.25) is 0 Å². The summed E-state index contributed by atoms with van der Waals surface area (Å²) >= 11 is 5.47. The summed E-state index contributed by atoms with van der Waals surface area (Å²) in [4.78, 5) is 11.4. The summed E-state index contributed by atoms with van der Waals surface area (Å²) in [5.74, 6) is -0.360. The van der Waals surface area contributed by atoms with Gasteiger partial charge in [-0.3, -0.25) is 4.98 Å². The second-order valence-electron chi connectivity index (χ2n) is 3.92. The molecule has 0 fully saturated rings. The molecule has 100 valence electrons. The minimum Gasteiger partial charge on any atom is -0.253 e. The molecular weight excluding hydrogens is 279 g/mol. The minimum absolute atomic E-state index is 0.0649. The first-order valence-corrected chi connectivity index (χ1v) is 5.87. The Bertz CT molecular complexity index is 599. The van der Waals surface area contributed by atoms with Crippen LogP contribution in [-0.4, -0.2) is 15.0 Å². The molecule has 0 aromatic carbocycles. The van der Waals surface area contributed by atoms with Crippen LogP contribution < -0.4 is 0 Å². The van der Waals surface area contributed by atoms with Crippen molar-refractivity contribution in [2.45, 2.75) is 19.0 Å². The number of hydrogen-bond acceptors (Lipinski definition) is 3. The van der Waals surface area contributed by atoms with Crippen molar-refractivity contribution >= 4 is 11.6 Å². The first kappa shape index (κ1) is 13.7. The van der Waals surface area contributed by atoms with Crippen molar-refractivity contribution in [3.05, 3.63) is 41.3 Å². The van der Waals surface area contributed by atoms with E-state index in [0.29, 0.717) is 5.69 Å². The highest BCUT2D eigenvalue weighted by Gasteiger charge is 2.36.